The zero-order valence-electron chi connectivity index (χ0n) is 16.4. The number of fused-ring (bicyclic) bond motifs is 2. The number of amides is 1. The maximum Gasteiger partial charge on any atom is 0.349 e. The van der Waals surface area contributed by atoms with Gasteiger partial charge in [-0.05, 0) is 50.5 Å². The van der Waals surface area contributed by atoms with Crippen molar-refractivity contribution in [3.05, 3.63) is 56.4 Å². The summed E-state index contributed by atoms with van der Waals surface area (Å²) in [5, 5.41) is 3.20. The molecule has 0 bridgehead atoms. The number of carbonyl (C=O) groups is 2. The van der Waals surface area contributed by atoms with Gasteiger partial charge in [0.05, 0.1) is 5.39 Å². The Morgan fingerprint density at radius 1 is 1.31 bits per heavy atom. The van der Waals surface area contributed by atoms with Gasteiger partial charge in [0.25, 0.3) is 11.5 Å². The van der Waals surface area contributed by atoms with Crippen LogP contribution < -0.4 is 10.9 Å². The fraction of sp³-hybridized carbons (Fsp3) is 0.333. The lowest BCUT2D eigenvalue weighted by molar-refractivity contribution is -0.123. The maximum absolute atomic E-state index is 12.8. The van der Waals surface area contributed by atoms with Crippen LogP contribution in [0.5, 0.6) is 0 Å². The van der Waals surface area contributed by atoms with Gasteiger partial charge >= 0.3 is 5.97 Å². The molecule has 2 aromatic heterocycles. The number of aromatic nitrogens is 2. The summed E-state index contributed by atoms with van der Waals surface area (Å²) in [7, 11) is 0. The zero-order chi connectivity index (χ0) is 20.7. The number of anilines is 1. The van der Waals surface area contributed by atoms with Crippen LogP contribution in [0.3, 0.4) is 0 Å². The zero-order valence-corrected chi connectivity index (χ0v) is 17.3. The highest BCUT2D eigenvalue weighted by Crippen LogP contribution is 2.29. The summed E-state index contributed by atoms with van der Waals surface area (Å²) in [6.07, 6.45) is 0.686. The van der Waals surface area contributed by atoms with Gasteiger partial charge in [0, 0.05) is 18.7 Å². The first-order valence-electron chi connectivity index (χ1n) is 9.46. The highest BCUT2D eigenvalue weighted by atomic mass is 32.1. The van der Waals surface area contributed by atoms with Crippen LogP contribution in [0.15, 0.2) is 29.1 Å². The van der Waals surface area contributed by atoms with Crippen molar-refractivity contribution in [2.75, 3.05) is 5.32 Å². The number of hydrogen-bond acceptors (Lipinski definition) is 6. The molecule has 1 unspecified atom stereocenters. The van der Waals surface area contributed by atoms with Crippen LogP contribution in [0.2, 0.25) is 0 Å². The topological polar surface area (TPSA) is 90.3 Å². The monoisotopic (exact) mass is 411 g/mol. The third kappa shape index (κ3) is 3.55. The summed E-state index contributed by atoms with van der Waals surface area (Å²) in [6.45, 7) is 5.82. The molecule has 8 heteroatoms. The predicted molar refractivity (Wildman–Crippen MR) is 112 cm³/mol. The van der Waals surface area contributed by atoms with E-state index in [9.17, 15) is 14.4 Å². The van der Waals surface area contributed by atoms with E-state index in [2.05, 4.69) is 10.3 Å². The van der Waals surface area contributed by atoms with Gasteiger partial charge in [-0.1, -0.05) is 12.1 Å². The van der Waals surface area contributed by atoms with Crippen molar-refractivity contribution >= 4 is 39.1 Å². The van der Waals surface area contributed by atoms with Gasteiger partial charge in [0.1, 0.15) is 15.5 Å². The minimum absolute atomic E-state index is 0.111. The molecular formula is C21H21N3O4S. The summed E-state index contributed by atoms with van der Waals surface area (Å²) in [5.74, 6) is -0.281. The Balaban J connectivity index is 1.54. The van der Waals surface area contributed by atoms with E-state index in [1.54, 1.807) is 17.6 Å². The Labute approximate surface area is 171 Å². The molecule has 0 spiro atoms. The fourth-order valence-corrected chi connectivity index (χ4v) is 4.58. The number of esters is 1. The molecule has 150 valence electrons. The molecule has 29 heavy (non-hydrogen) atoms. The molecule has 0 saturated heterocycles. The third-order valence-corrected chi connectivity index (χ3v) is 6.20. The fourth-order valence-electron chi connectivity index (χ4n) is 3.50. The van der Waals surface area contributed by atoms with Gasteiger partial charge in [-0.25, -0.2) is 9.78 Å². The van der Waals surface area contributed by atoms with E-state index in [1.807, 2.05) is 25.1 Å². The van der Waals surface area contributed by atoms with Crippen molar-refractivity contribution in [1.29, 1.82) is 0 Å². The number of aryl methyl sites for hydroxylation is 3. The van der Waals surface area contributed by atoms with Gasteiger partial charge in [-0.2, -0.15) is 0 Å². The van der Waals surface area contributed by atoms with Crippen molar-refractivity contribution in [2.24, 2.45) is 0 Å². The van der Waals surface area contributed by atoms with E-state index in [0.717, 1.165) is 35.6 Å². The Morgan fingerprint density at radius 3 is 2.86 bits per heavy atom. The third-order valence-electron chi connectivity index (χ3n) is 5.04. The van der Waals surface area contributed by atoms with Gasteiger partial charge in [0.2, 0.25) is 0 Å². The molecule has 1 aliphatic rings. The van der Waals surface area contributed by atoms with E-state index >= 15 is 0 Å². The lowest BCUT2D eigenvalue weighted by atomic mass is 10.2. The second-order valence-electron chi connectivity index (χ2n) is 7.23. The normalized spacial score (nSPS) is 13.9. The minimum atomic E-state index is -0.980. The van der Waals surface area contributed by atoms with Gasteiger partial charge in [-0.15, -0.1) is 11.3 Å². The van der Waals surface area contributed by atoms with Crippen molar-refractivity contribution in [1.82, 2.24) is 9.55 Å². The molecule has 7 nitrogen and oxygen atoms in total. The first-order chi connectivity index (χ1) is 13.8. The van der Waals surface area contributed by atoms with Crippen LogP contribution in [0.4, 0.5) is 5.69 Å². The number of nitrogens with zero attached hydrogens (tertiary/aromatic N) is 2. The van der Waals surface area contributed by atoms with Gasteiger partial charge in [0.15, 0.2) is 6.10 Å². The summed E-state index contributed by atoms with van der Waals surface area (Å²) >= 11 is 1.14. The summed E-state index contributed by atoms with van der Waals surface area (Å²) in [6, 6.07) is 7.37. The number of carbonyl (C=O) groups excluding carboxylic acids is 2. The summed E-state index contributed by atoms with van der Waals surface area (Å²) in [5.41, 5.74) is 2.10. The first kappa shape index (κ1) is 19.3. The van der Waals surface area contributed by atoms with E-state index in [0.29, 0.717) is 32.9 Å². The Morgan fingerprint density at radius 2 is 2.10 bits per heavy atom. The maximum atomic E-state index is 12.8. The lowest BCUT2D eigenvalue weighted by Crippen LogP contribution is -2.30. The van der Waals surface area contributed by atoms with E-state index in [-0.39, 0.29) is 5.56 Å². The molecule has 4 rings (SSSR count). The van der Waals surface area contributed by atoms with E-state index in [1.165, 1.54) is 6.92 Å². The summed E-state index contributed by atoms with van der Waals surface area (Å²) in [4.78, 5) is 43.2. The van der Waals surface area contributed by atoms with Crippen molar-refractivity contribution in [3.8, 4) is 0 Å². The number of benzene rings is 1. The van der Waals surface area contributed by atoms with Crippen LogP contribution in [0.25, 0.3) is 10.2 Å². The molecule has 3 heterocycles. The molecule has 0 saturated carbocycles. The van der Waals surface area contributed by atoms with Crippen molar-refractivity contribution < 1.29 is 14.3 Å². The Bertz CT molecular complexity index is 1190. The van der Waals surface area contributed by atoms with E-state index < -0.39 is 18.0 Å². The van der Waals surface area contributed by atoms with Crippen LogP contribution in [0, 0.1) is 13.8 Å². The molecule has 3 aromatic rings. The number of rotatable bonds is 4. The van der Waals surface area contributed by atoms with Crippen LogP contribution in [0.1, 0.15) is 40.0 Å². The predicted octanol–water partition coefficient (Wildman–Crippen LogP) is 3.21. The molecule has 0 fully saturated rings. The Kier molecular flexibility index (Phi) is 4.96. The van der Waals surface area contributed by atoms with Crippen molar-refractivity contribution in [3.63, 3.8) is 0 Å². The number of thiophene rings is 1. The molecule has 1 atom stereocenters. The second kappa shape index (κ2) is 7.44. The highest BCUT2D eigenvalue weighted by molar-refractivity contribution is 7.20. The van der Waals surface area contributed by atoms with Crippen LogP contribution in [-0.4, -0.2) is 27.5 Å². The number of nitrogens with one attached hydrogen (secondary N) is 1. The number of ether oxygens (including phenoxy) is 1. The van der Waals surface area contributed by atoms with Crippen molar-refractivity contribution in [2.45, 2.75) is 46.3 Å². The molecule has 1 aliphatic heterocycles. The molecule has 1 amide bonds. The number of hydrogen-bond donors (Lipinski definition) is 1. The van der Waals surface area contributed by atoms with Crippen LogP contribution >= 0.6 is 11.3 Å². The molecule has 0 radical (unpaired) electrons. The quantitative estimate of drug-likeness (QED) is 0.666. The minimum Gasteiger partial charge on any atom is -0.448 e. The summed E-state index contributed by atoms with van der Waals surface area (Å²) < 4.78 is 7.05. The van der Waals surface area contributed by atoms with Gasteiger partial charge in [-0.3, -0.25) is 14.2 Å². The Hall–Kier alpha value is -3.00. The first-order valence-corrected chi connectivity index (χ1v) is 10.3. The lowest BCUT2D eigenvalue weighted by Gasteiger charge is -2.13. The average Bonchev–Trinajstić information content (AvgIpc) is 3.27. The second-order valence-corrected chi connectivity index (χ2v) is 8.23. The molecule has 1 aromatic carbocycles. The molecule has 1 N–H and O–H groups in total. The molecule has 0 aliphatic carbocycles. The van der Waals surface area contributed by atoms with Crippen LogP contribution in [-0.2, 0) is 22.5 Å². The average molecular weight is 411 g/mol. The van der Waals surface area contributed by atoms with Gasteiger partial charge < -0.3 is 10.1 Å². The largest absolute Gasteiger partial charge is 0.448 e. The highest BCUT2D eigenvalue weighted by Gasteiger charge is 2.26. The SMILES string of the molecule is Cc1cccc(NC(=O)C(C)OC(=O)c2sc3nc4n(c(=O)c3c2C)CCC4)c1. The van der Waals surface area contributed by atoms with E-state index in [4.69, 9.17) is 4.74 Å². The standard InChI is InChI=1S/C21H21N3O4S/c1-11-6-4-7-14(10-11)22-18(25)13(3)28-21(27)17-12(2)16-19(29-17)23-15-8-5-9-24(15)20(16)26/h4,6-7,10,13H,5,8-9H2,1-3H3,(H,22,25). The molecular weight excluding hydrogens is 390 g/mol. The smallest absolute Gasteiger partial charge is 0.349 e.